The Morgan fingerprint density at radius 2 is 2.24 bits per heavy atom. The van der Waals surface area contributed by atoms with E-state index in [0.29, 0.717) is 6.54 Å². The summed E-state index contributed by atoms with van der Waals surface area (Å²) in [4.78, 5) is 25.8. The van der Waals surface area contributed by atoms with Crippen molar-refractivity contribution in [1.29, 1.82) is 0 Å². The zero-order valence-corrected chi connectivity index (χ0v) is 11.7. The van der Waals surface area contributed by atoms with E-state index < -0.39 is 27.9 Å². The van der Waals surface area contributed by atoms with Gasteiger partial charge >= 0.3 is 12.0 Å². The van der Waals surface area contributed by atoms with Crippen molar-refractivity contribution < 1.29 is 23.1 Å². The third kappa shape index (κ3) is 4.31. The number of carbonyl (C=O) groups excluding carboxylic acids is 1. The maximum atomic E-state index is 11.5. The molecular formula is C11H14N4O5S. The molecule has 2 amide bonds. The molecule has 3 N–H and O–H groups in total. The molecule has 1 unspecified atom stereocenters. The number of aromatic nitrogens is 2. The van der Waals surface area contributed by atoms with Crippen molar-refractivity contribution in [1.82, 2.24) is 20.2 Å². The molecule has 1 aliphatic rings. The summed E-state index contributed by atoms with van der Waals surface area (Å²) >= 11 is 0. The summed E-state index contributed by atoms with van der Waals surface area (Å²) < 4.78 is 23.9. The molecule has 0 fully saturated rings. The second-order valence-electron chi connectivity index (χ2n) is 4.47. The summed E-state index contributed by atoms with van der Waals surface area (Å²) in [6.45, 7) is 0.608. The van der Waals surface area contributed by atoms with Gasteiger partial charge in [0.05, 0.1) is 18.1 Å². The van der Waals surface area contributed by atoms with Gasteiger partial charge in [-0.1, -0.05) is 0 Å². The molecule has 1 aromatic rings. The average molecular weight is 314 g/mol. The Hall–Kier alpha value is -2.36. The number of carboxylic acid groups (broad SMARTS) is 1. The van der Waals surface area contributed by atoms with Crippen LogP contribution in [0.15, 0.2) is 24.0 Å². The normalized spacial score (nSPS) is 19.3. The Bertz CT molecular complexity index is 679. The summed E-state index contributed by atoms with van der Waals surface area (Å²) in [6.07, 6.45) is 4.13. The van der Waals surface area contributed by atoms with Gasteiger partial charge in [-0.05, 0) is 6.08 Å². The number of rotatable bonds is 5. The second kappa shape index (κ2) is 5.95. The first-order valence-corrected chi connectivity index (χ1v) is 7.78. The SMILES string of the molecule is O=C(NCCn1cnc(C(=O)O)c1)NC1C=CS(=O)(=O)C1. The van der Waals surface area contributed by atoms with Crippen molar-refractivity contribution in [3.8, 4) is 0 Å². The first-order chi connectivity index (χ1) is 9.85. The highest BCUT2D eigenvalue weighted by Gasteiger charge is 2.22. The lowest BCUT2D eigenvalue weighted by molar-refractivity contribution is 0.0691. The summed E-state index contributed by atoms with van der Waals surface area (Å²) in [6, 6.07) is -1.01. The fraction of sp³-hybridized carbons (Fsp3) is 0.364. The minimum Gasteiger partial charge on any atom is -0.476 e. The fourth-order valence-electron chi connectivity index (χ4n) is 1.78. The third-order valence-electron chi connectivity index (χ3n) is 2.75. The van der Waals surface area contributed by atoms with Crippen molar-refractivity contribution in [2.45, 2.75) is 12.6 Å². The Labute approximate surface area is 120 Å². The molecule has 0 bridgehead atoms. The molecular weight excluding hydrogens is 300 g/mol. The maximum absolute atomic E-state index is 11.5. The smallest absolute Gasteiger partial charge is 0.356 e. The van der Waals surface area contributed by atoms with Gasteiger partial charge in [0.1, 0.15) is 0 Å². The topological polar surface area (TPSA) is 130 Å². The number of carboxylic acids is 1. The molecule has 1 aromatic heterocycles. The molecule has 2 heterocycles. The van der Waals surface area contributed by atoms with E-state index in [2.05, 4.69) is 15.6 Å². The Morgan fingerprint density at radius 3 is 2.81 bits per heavy atom. The van der Waals surface area contributed by atoms with Crippen LogP contribution in [0.4, 0.5) is 4.79 Å². The Kier molecular flexibility index (Phi) is 4.26. The van der Waals surface area contributed by atoms with Crippen LogP contribution in [0.1, 0.15) is 10.5 Å². The van der Waals surface area contributed by atoms with Gasteiger partial charge < -0.3 is 20.3 Å². The van der Waals surface area contributed by atoms with Gasteiger partial charge in [-0.25, -0.2) is 23.0 Å². The van der Waals surface area contributed by atoms with Crippen molar-refractivity contribution in [3.05, 3.63) is 29.7 Å². The van der Waals surface area contributed by atoms with Crippen LogP contribution in [-0.4, -0.2) is 53.4 Å². The summed E-state index contributed by atoms with van der Waals surface area (Å²) in [5.41, 5.74) is -0.0687. The van der Waals surface area contributed by atoms with Gasteiger partial charge in [-0.3, -0.25) is 0 Å². The molecule has 10 heteroatoms. The highest BCUT2D eigenvalue weighted by atomic mass is 32.2. The van der Waals surface area contributed by atoms with E-state index in [1.165, 1.54) is 23.2 Å². The highest BCUT2D eigenvalue weighted by Crippen LogP contribution is 2.07. The number of hydrogen-bond donors (Lipinski definition) is 3. The van der Waals surface area contributed by atoms with Crippen molar-refractivity contribution >= 4 is 21.8 Å². The average Bonchev–Trinajstić information content (AvgIpc) is 2.96. The van der Waals surface area contributed by atoms with Gasteiger partial charge in [0.2, 0.25) is 0 Å². The largest absolute Gasteiger partial charge is 0.476 e. The minimum absolute atomic E-state index is 0.0687. The van der Waals surface area contributed by atoms with E-state index in [-0.39, 0.29) is 18.0 Å². The number of hydrogen-bond acceptors (Lipinski definition) is 5. The number of nitrogens with one attached hydrogen (secondary N) is 2. The molecule has 9 nitrogen and oxygen atoms in total. The monoisotopic (exact) mass is 314 g/mol. The van der Waals surface area contributed by atoms with Crippen LogP contribution >= 0.6 is 0 Å². The lowest BCUT2D eigenvalue weighted by atomic mass is 10.3. The van der Waals surface area contributed by atoms with Crippen LogP contribution in [0, 0.1) is 0 Å². The Balaban J connectivity index is 1.72. The third-order valence-corrected chi connectivity index (χ3v) is 4.15. The second-order valence-corrected chi connectivity index (χ2v) is 6.40. The van der Waals surface area contributed by atoms with Crippen molar-refractivity contribution in [3.63, 3.8) is 0 Å². The van der Waals surface area contributed by atoms with Crippen LogP contribution in [-0.2, 0) is 16.4 Å². The van der Waals surface area contributed by atoms with Crippen LogP contribution < -0.4 is 10.6 Å². The van der Waals surface area contributed by atoms with Crippen molar-refractivity contribution in [2.24, 2.45) is 0 Å². The van der Waals surface area contributed by atoms with Gasteiger partial charge in [0.15, 0.2) is 15.5 Å². The van der Waals surface area contributed by atoms with E-state index in [0.717, 1.165) is 5.41 Å². The van der Waals surface area contributed by atoms with Gasteiger partial charge in [0.25, 0.3) is 0 Å². The first-order valence-electron chi connectivity index (χ1n) is 6.06. The number of carbonyl (C=O) groups is 2. The Morgan fingerprint density at radius 1 is 1.48 bits per heavy atom. The number of urea groups is 1. The molecule has 0 aromatic carbocycles. The van der Waals surface area contributed by atoms with E-state index in [9.17, 15) is 18.0 Å². The molecule has 0 saturated heterocycles. The van der Waals surface area contributed by atoms with Crippen LogP contribution in [0.3, 0.4) is 0 Å². The quantitative estimate of drug-likeness (QED) is 0.651. The van der Waals surface area contributed by atoms with Gasteiger partial charge in [-0.2, -0.15) is 0 Å². The van der Waals surface area contributed by atoms with E-state index in [4.69, 9.17) is 5.11 Å². The summed E-state index contributed by atoms with van der Waals surface area (Å²) in [5, 5.41) is 14.8. The van der Waals surface area contributed by atoms with Gasteiger partial charge in [-0.15, -0.1) is 0 Å². The number of aromatic carboxylic acids is 1. The highest BCUT2D eigenvalue weighted by molar-refractivity contribution is 7.94. The maximum Gasteiger partial charge on any atom is 0.356 e. The number of sulfone groups is 1. The molecule has 0 aliphatic carbocycles. The number of imidazole rings is 1. The van der Waals surface area contributed by atoms with Gasteiger partial charge in [0, 0.05) is 24.7 Å². The fourth-order valence-corrected chi connectivity index (χ4v) is 3.01. The van der Waals surface area contributed by atoms with Crippen molar-refractivity contribution in [2.75, 3.05) is 12.3 Å². The molecule has 0 saturated carbocycles. The zero-order valence-electron chi connectivity index (χ0n) is 10.9. The lowest BCUT2D eigenvalue weighted by Crippen LogP contribution is -2.43. The number of nitrogens with zero attached hydrogens (tertiary/aromatic N) is 2. The predicted molar refractivity (Wildman–Crippen MR) is 72.4 cm³/mol. The molecule has 21 heavy (non-hydrogen) atoms. The van der Waals surface area contributed by atoms with E-state index in [1.807, 2.05) is 0 Å². The van der Waals surface area contributed by atoms with E-state index in [1.54, 1.807) is 0 Å². The van der Waals surface area contributed by atoms with Crippen LogP contribution in [0.5, 0.6) is 0 Å². The summed E-state index contributed by atoms with van der Waals surface area (Å²) in [5.74, 6) is -1.25. The lowest BCUT2D eigenvalue weighted by Gasteiger charge is -2.11. The predicted octanol–water partition coefficient (Wildman–Crippen LogP) is -0.809. The molecule has 114 valence electrons. The zero-order chi connectivity index (χ0) is 15.5. The van der Waals surface area contributed by atoms with E-state index >= 15 is 0 Å². The van der Waals surface area contributed by atoms with Crippen LogP contribution in [0.25, 0.3) is 0 Å². The standard InChI is InChI=1S/C11H14N4O5S/c16-10(17)9-5-15(7-13-9)3-2-12-11(18)14-8-1-4-21(19,20)6-8/h1,4-5,7-8H,2-3,6H2,(H,16,17)(H2,12,14,18). The molecule has 2 rings (SSSR count). The molecule has 0 spiro atoms. The first kappa shape index (κ1) is 15.0. The number of amides is 2. The summed E-state index contributed by atoms with van der Waals surface area (Å²) in [7, 11) is -3.20. The van der Waals surface area contributed by atoms with Crippen LogP contribution in [0.2, 0.25) is 0 Å². The molecule has 1 atom stereocenters. The minimum atomic E-state index is -3.20. The molecule has 0 radical (unpaired) electrons. The molecule has 1 aliphatic heterocycles.